The molecule has 5 fully saturated rings. The molecule has 186 valence electrons. The molecule has 2 N–H and O–H groups in total. The van der Waals surface area contributed by atoms with Crippen molar-refractivity contribution in [2.75, 3.05) is 6.54 Å². The molecule has 1 aromatic heterocycles. The van der Waals surface area contributed by atoms with Crippen LogP contribution in [0.5, 0.6) is 0 Å². The van der Waals surface area contributed by atoms with E-state index < -0.39 is 0 Å². The van der Waals surface area contributed by atoms with E-state index in [9.17, 15) is 4.79 Å². The lowest BCUT2D eigenvalue weighted by Crippen LogP contribution is -2.57. The third-order valence-corrected chi connectivity index (χ3v) is 9.76. The number of carbonyl (C=O) groups is 1. The predicted molar refractivity (Wildman–Crippen MR) is 150 cm³/mol. The Hall–Kier alpha value is -1.31. The van der Waals surface area contributed by atoms with Crippen molar-refractivity contribution in [3.63, 3.8) is 0 Å². The molecule has 1 aromatic carbocycles. The van der Waals surface area contributed by atoms with E-state index in [4.69, 9.17) is 34.0 Å². The summed E-state index contributed by atoms with van der Waals surface area (Å²) in [5.74, 6) is 4.51. The third kappa shape index (κ3) is 4.73. The summed E-state index contributed by atoms with van der Waals surface area (Å²) in [4.78, 5) is 16.3. The number of aryl methyl sites for hydroxylation is 1. The van der Waals surface area contributed by atoms with E-state index in [-0.39, 0.29) is 24.4 Å². The Morgan fingerprint density at radius 2 is 1.77 bits per heavy atom. The van der Waals surface area contributed by atoms with Crippen LogP contribution in [0.15, 0.2) is 39.7 Å². The van der Waals surface area contributed by atoms with Crippen molar-refractivity contribution in [1.82, 2.24) is 4.90 Å². The number of thiocarbonyl (C=S) groups is 1. The number of nitrogens with two attached hydrogens (primary N) is 1. The van der Waals surface area contributed by atoms with Gasteiger partial charge in [-0.3, -0.25) is 9.69 Å². The molecule has 4 bridgehead atoms. The largest absolute Gasteiger partial charge is 0.456 e. The molecule has 35 heavy (non-hydrogen) atoms. The second-order valence-corrected chi connectivity index (χ2v) is 12.5. The SMILES string of the molecule is Cl.NCCCc1cc(-c2ccc(Cl)cc2)oc1C=C1SC(=S)N(C2C3CC4CC(C3)CC2C4)C1=O. The highest BCUT2D eigenvalue weighted by Gasteiger charge is 2.53. The molecule has 2 heterocycles. The minimum atomic E-state index is 0. The minimum absolute atomic E-state index is 0. The number of carbonyl (C=O) groups excluding carboxylic acids is 1. The summed E-state index contributed by atoms with van der Waals surface area (Å²) in [5.41, 5.74) is 7.80. The van der Waals surface area contributed by atoms with Crippen LogP contribution in [0.1, 0.15) is 49.8 Å². The van der Waals surface area contributed by atoms with Crippen LogP contribution in [-0.2, 0) is 11.2 Å². The molecule has 0 atom stereocenters. The molecule has 0 spiro atoms. The number of rotatable bonds is 6. The van der Waals surface area contributed by atoms with Crippen molar-refractivity contribution in [2.24, 2.45) is 29.4 Å². The Balaban J connectivity index is 0.00000253. The van der Waals surface area contributed by atoms with Gasteiger partial charge in [-0.2, -0.15) is 0 Å². The van der Waals surface area contributed by atoms with Gasteiger partial charge in [-0.15, -0.1) is 12.4 Å². The van der Waals surface area contributed by atoms with Crippen LogP contribution in [0.25, 0.3) is 17.4 Å². The Labute approximate surface area is 227 Å². The molecule has 4 aliphatic carbocycles. The van der Waals surface area contributed by atoms with Crippen LogP contribution in [0, 0.1) is 23.7 Å². The summed E-state index contributed by atoms with van der Waals surface area (Å²) in [6, 6.07) is 9.95. The summed E-state index contributed by atoms with van der Waals surface area (Å²) in [7, 11) is 0. The molecule has 2 aromatic rings. The van der Waals surface area contributed by atoms with Gasteiger partial charge < -0.3 is 10.2 Å². The van der Waals surface area contributed by atoms with Crippen molar-refractivity contribution in [3.05, 3.63) is 51.6 Å². The lowest BCUT2D eigenvalue weighted by atomic mass is 9.54. The van der Waals surface area contributed by atoms with Gasteiger partial charge in [0.1, 0.15) is 15.8 Å². The molecule has 1 saturated heterocycles. The molecular weight excluding hydrogens is 519 g/mol. The fourth-order valence-corrected chi connectivity index (χ4v) is 8.43. The second kappa shape index (κ2) is 10.2. The van der Waals surface area contributed by atoms with Gasteiger partial charge in [-0.25, -0.2) is 0 Å². The van der Waals surface area contributed by atoms with Gasteiger partial charge in [0.05, 0.1) is 4.91 Å². The molecule has 4 nitrogen and oxygen atoms in total. The zero-order valence-electron chi connectivity index (χ0n) is 19.5. The van der Waals surface area contributed by atoms with Crippen LogP contribution in [0.2, 0.25) is 5.02 Å². The van der Waals surface area contributed by atoms with Gasteiger partial charge in [0.25, 0.3) is 5.91 Å². The van der Waals surface area contributed by atoms with Crippen molar-refractivity contribution in [3.8, 4) is 11.3 Å². The van der Waals surface area contributed by atoms with Crippen molar-refractivity contribution >= 4 is 64.3 Å². The fraction of sp³-hybridized carbons (Fsp3) is 0.481. The molecule has 1 amide bonds. The smallest absolute Gasteiger partial charge is 0.266 e. The van der Waals surface area contributed by atoms with E-state index in [1.165, 1.54) is 43.9 Å². The maximum absolute atomic E-state index is 13.7. The van der Waals surface area contributed by atoms with E-state index in [1.807, 2.05) is 35.2 Å². The highest BCUT2D eigenvalue weighted by molar-refractivity contribution is 8.26. The molecule has 0 unspecified atom stereocenters. The lowest BCUT2D eigenvalue weighted by molar-refractivity contribution is -0.130. The molecule has 7 rings (SSSR count). The van der Waals surface area contributed by atoms with E-state index >= 15 is 0 Å². The molecule has 4 saturated carbocycles. The van der Waals surface area contributed by atoms with Gasteiger partial charge in [-0.1, -0.05) is 35.6 Å². The van der Waals surface area contributed by atoms with Crippen molar-refractivity contribution < 1.29 is 9.21 Å². The first-order valence-corrected chi connectivity index (χ1v) is 14.0. The van der Waals surface area contributed by atoms with Gasteiger partial charge in [0.15, 0.2) is 0 Å². The van der Waals surface area contributed by atoms with Crippen LogP contribution in [0.4, 0.5) is 0 Å². The van der Waals surface area contributed by atoms with Crippen LogP contribution < -0.4 is 5.73 Å². The first-order chi connectivity index (χ1) is 16.5. The Kier molecular flexibility index (Phi) is 7.40. The molecule has 1 aliphatic heterocycles. The fourth-order valence-electron chi connectivity index (χ4n) is 6.98. The van der Waals surface area contributed by atoms with Gasteiger partial charge in [-0.05, 0) is 111 Å². The van der Waals surface area contributed by atoms with E-state index in [0.717, 1.165) is 47.3 Å². The van der Waals surface area contributed by atoms with Crippen molar-refractivity contribution in [2.45, 2.75) is 51.0 Å². The summed E-state index contributed by atoms with van der Waals surface area (Å²) >= 11 is 13.3. The molecule has 8 heteroatoms. The molecule has 0 radical (unpaired) electrons. The normalized spacial score (nSPS) is 30.4. The number of amides is 1. The standard InChI is InChI=1S/C27H29ClN2O2S2.ClH/c28-21-5-3-17(4-6-21)22-13-18(2-1-7-29)23(32-22)14-24-26(31)30(27(33)34-24)25-19-9-15-8-16(11-19)12-20(25)10-15;/h3-6,13-16,19-20,25H,1-2,7-12,29H2;1H. The van der Waals surface area contributed by atoms with E-state index in [2.05, 4.69) is 6.07 Å². The first kappa shape index (κ1) is 25.3. The topological polar surface area (TPSA) is 59.5 Å². The maximum Gasteiger partial charge on any atom is 0.266 e. The summed E-state index contributed by atoms with van der Waals surface area (Å²) in [5, 5.41) is 0.687. The lowest BCUT2D eigenvalue weighted by Gasteiger charge is -2.56. The van der Waals surface area contributed by atoms with Crippen molar-refractivity contribution in [1.29, 1.82) is 0 Å². The van der Waals surface area contributed by atoms with E-state index in [1.54, 1.807) is 0 Å². The van der Waals surface area contributed by atoms with Crippen LogP contribution >= 0.6 is 48.0 Å². The highest BCUT2D eigenvalue weighted by atomic mass is 35.5. The zero-order valence-corrected chi connectivity index (χ0v) is 22.7. The number of hydrogen-bond donors (Lipinski definition) is 1. The van der Waals surface area contributed by atoms with Crippen LogP contribution in [0.3, 0.4) is 0 Å². The maximum atomic E-state index is 13.7. The van der Waals surface area contributed by atoms with Gasteiger partial charge >= 0.3 is 0 Å². The first-order valence-electron chi connectivity index (χ1n) is 12.4. The number of halogens is 2. The summed E-state index contributed by atoms with van der Waals surface area (Å²) in [6.07, 6.45) is 10.0. The average molecular weight is 550 g/mol. The van der Waals surface area contributed by atoms with Gasteiger partial charge in [0, 0.05) is 22.7 Å². The van der Waals surface area contributed by atoms with E-state index in [0.29, 0.717) is 32.6 Å². The molecule has 5 aliphatic rings. The highest BCUT2D eigenvalue weighted by Crippen LogP contribution is 2.56. The van der Waals surface area contributed by atoms with Gasteiger partial charge in [0.2, 0.25) is 0 Å². The number of thioether (sulfide) groups is 1. The number of benzene rings is 1. The Morgan fingerprint density at radius 3 is 2.40 bits per heavy atom. The zero-order chi connectivity index (χ0) is 23.4. The number of hydrogen-bond acceptors (Lipinski definition) is 5. The quantitative estimate of drug-likeness (QED) is 0.313. The Bertz CT molecular complexity index is 1130. The van der Waals surface area contributed by atoms with Crippen LogP contribution in [-0.4, -0.2) is 27.7 Å². The predicted octanol–water partition coefficient (Wildman–Crippen LogP) is 6.94. The second-order valence-electron chi connectivity index (χ2n) is 10.4. The number of furan rings is 1. The minimum Gasteiger partial charge on any atom is -0.456 e. The average Bonchev–Trinajstić information content (AvgIpc) is 3.33. The third-order valence-electron chi connectivity index (χ3n) is 8.18. The Morgan fingerprint density at radius 1 is 1.11 bits per heavy atom. The summed E-state index contributed by atoms with van der Waals surface area (Å²) < 4.78 is 6.98. The monoisotopic (exact) mass is 548 g/mol. The summed E-state index contributed by atoms with van der Waals surface area (Å²) in [6.45, 7) is 0.607. The molecular formula is C27H30Cl2N2O2S2. The number of nitrogens with zero attached hydrogens (tertiary/aromatic N) is 1.